The summed E-state index contributed by atoms with van der Waals surface area (Å²) in [7, 11) is 0. The number of rotatable bonds is 5. The number of alkyl halides is 1. The summed E-state index contributed by atoms with van der Waals surface area (Å²) in [6, 6.07) is 10.7. The van der Waals surface area contributed by atoms with Crippen molar-refractivity contribution in [1.82, 2.24) is 4.98 Å². The molecule has 0 bridgehead atoms. The zero-order valence-corrected chi connectivity index (χ0v) is 12.3. The Morgan fingerprint density at radius 3 is 2.59 bits per heavy atom. The Balaban J connectivity index is 1.98. The molecular formula is C14H16BrNS. The van der Waals surface area contributed by atoms with Crippen LogP contribution in [0.1, 0.15) is 16.3 Å². The predicted octanol–water partition coefficient (Wildman–Crippen LogP) is 4.25. The number of halogens is 1. The molecule has 0 aliphatic rings. The quantitative estimate of drug-likeness (QED) is 0.753. The summed E-state index contributed by atoms with van der Waals surface area (Å²) in [5, 5.41) is 4.41. The molecule has 17 heavy (non-hydrogen) atoms. The number of benzene rings is 1. The Hall–Kier alpha value is -0.670. The SMILES string of the molecule is Cc1csc(CC(CBr)Cc2ccccc2)n1. The number of thiazole rings is 1. The van der Waals surface area contributed by atoms with Gasteiger partial charge in [-0.15, -0.1) is 11.3 Å². The Morgan fingerprint density at radius 2 is 2.00 bits per heavy atom. The average Bonchev–Trinajstić information content (AvgIpc) is 2.75. The van der Waals surface area contributed by atoms with Crippen molar-refractivity contribution in [3.05, 3.63) is 52.0 Å². The Morgan fingerprint density at radius 1 is 1.24 bits per heavy atom. The second-order valence-electron chi connectivity index (χ2n) is 4.30. The van der Waals surface area contributed by atoms with E-state index in [0.29, 0.717) is 5.92 Å². The van der Waals surface area contributed by atoms with Gasteiger partial charge in [0.1, 0.15) is 0 Å². The van der Waals surface area contributed by atoms with E-state index in [-0.39, 0.29) is 0 Å². The zero-order valence-electron chi connectivity index (χ0n) is 9.90. The predicted molar refractivity (Wildman–Crippen MR) is 78.0 cm³/mol. The van der Waals surface area contributed by atoms with Gasteiger partial charge >= 0.3 is 0 Å². The second-order valence-corrected chi connectivity index (χ2v) is 5.89. The smallest absolute Gasteiger partial charge is 0.0931 e. The van der Waals surface area contributed by atoms with Crippen molar-refractivity contribution in [3.63, 3.8) is 0 Å². The third-order valence-electron chi connectivity index (χ3n) is 2.72. The first-order valence-electron chi connectivity index (χ1n) is 5.79. The molecule has 0 saturated heterocycles. The maximum absolute atomic E-state index is 4.54. The molecule has 0 radical (unpaired) electrons. The number of hydrogen-bond donors (Lipinski definition) is 0. The standard InChI is InChI=1S/C14H16BrNS/c1-11-10-17-14(16-11)8-13(9-15)7-12-5-3-2-4-6-12/h2-6,10,13H,7-9H2,1H3. The summed E-state index contributed by atoms with van der Waals surface area (Å²) in [6.45, 7) is 2.06. The minimum absolute atomic E-state index is 0.628. The lowest BCUT2D eigenvalue weighted by Crippen LogP contribution is -2.09. The van der Waals surface area contributed by atoms with Gasteiger partial charge in [-0.1, -0.05) is 46.3 Å². The maximum Gasteiger partial charge on any atom is 0.0931 e. The van der Waals surface area contributed by atoms with Crippen LogP contribution in [0.5, 0.6) is 0 Å². The molecule has 1 heterocycles. The van der Waals surface area contributed by atoms with Crippen LogP contribution >= 0.6 is 27.3 Å². The lowest BCUT2D eigenvalue weighted by atomic mass is 9.98. The minimum atomic E-state index is 0.628. The van der Waals surface area contributed by atoms with E-state index >= 15 is 0 Å². The van der Waals surface area contributed by atoms with Gasteiger partial charge in [0.2, 0.25) is 0 Å². The lowest BCUT2D eigenvalue weighted by molar-refractivity contribution is 0.589. The fourth-order valence-corrected chi connectivity index (χ4v) is 3.22. The highest BCUT2D eigenvalue weighted by Crippen LogP contribution is 2.19. The van der Waals surface area contributed by atoms with E-state index < -0.39 is 0 Å². The van der Waals surface area contributed by atoms with Crippen molar-refractivity contribution in [2.24, 2.45) is 5.92 Å². The van der Waals surface area contributed by atoms with Gasteiger partial charge in [0, 0.05) is 22.8 Å². The highest BCUT2D eigenvalue weighted by molar-refractivity contribution is 9.09. The van der Waals surface area contributed by atoms with Crippen LogP contribution in [0.4, 0.5) is 0 Å². The first-order chi connectivity index (χ1) is 8.28. The first kappa shape index (κ1) is 12.8. The fraction of sp³-hybridized carbons (Fsp3) is 0.357. The molecule has 3 heteroatoms. The lowest BCUT2D eigenvalue weighted by Gasteiger charge is -2.12. The molecule has 0 N–H and O–H groups in total. The number of nitrogens with zero attached hydrogens (tertiary/aromatic N) is 1. The highest BCUT2D eigenvalue weighted by Gasteiger charge is 2.11. The Kier molecular flexibility index (Phi) is 4.75. The largest absolute Gasteiger partial charge is 0.247 e. The monoisotopic (exact) mass is 309 g/mol. The van der Waals surface area contributed by atoms with E-state index in [0.717, 1.165) is 23.9 Å². The summed E-state index contributed by atoms with van der Waals surface area (Å²) in [6.07, 6.45) is 2.18. The third-order valence-corrected chi connectivity index (χ3v) is 4.62. The van der Waals surface area contributed by atoms with E-state index in [9.17, 15) is 0 Å². The van der Waals surface area contributed by atoms with Gasteiger partial charge in [-0.25, -0.2) is 4.98 Å². The average molecular weight is 310 g/mol. The molecule has 1 atom stereocenters. The number of aromatic nitrogens is 1. The van der Waals surface area contributed by atoms with Gasteiger partial charge in [0.25, 0.3) is 0 Å². The van der Waals surface area contributed by atoms with Gasteiger partial charge in [-0.3, -0.25) is 0 Å². The van der Waals surface area contributed by atoms with Gasteiger partial charge in [-0.05, 0) is 24.8 Å². The summed E-state index contributed by atoms with van der Waals surface area (Å²) in [4.78, 5) is 4.54. The molecule has 90 valence electrons. The zero-order chi connectivity index (χ0) is 12.1. The van der Waals surface area contributed by atoms with Crippen molar-refractivity contribution in [3.8, 4) is 0 Å². The molecule has 1 aromatic carbocycles. The van der Waals surface area contributed by atoms with Crippen LogP contribution < -0.4 is 0 Å². The molecule has 0 fully saturated rings. The molecule has 0 aliphatic heterocycles. The van der Waals surface area contributed by atoms with Crippen molar-refractivity contribution >= 4 is 27.3 Å². The van der Waals surface area contributed by atoms with Crippen LogP contribution in [0.25, 0.3) is 0 Å². The number of hydrogen-bond acceptors (Lipinski definition) is 2. The molecule has 1 nitrogen and oxygen atoms in total. The summed E-state index contributed by atoms with van der Waals surface area (Å²) < 4.78 is 0. The van der Waals surface area contributed by atoms with E-state index in [4.69, 9.17) is 0 Å². The van der Waals surface area contributed by atoms with Crippen LogP contribution in [0.2, 0.25) is 0 Å². The first-order valence-corrected chi connectivity index (χ1v) is 7.79. The van der Waals surface area contributed by atoms with Crippen molar-refractivity contribution < 1.29 is 0 Å². The third kappa shape index (κ3) is 3.93. The maximum atomic E-state index is 4.54. The molecule has 0 aliphatic carbocycles. The van der Waals surface area contributed by atoms with E-state index in [2.05, 4.69) is 63.5 Å². The molecule has 1 aromatic heterocycles. The van der Waals surface area contributed by atoms with Crippen molar-refractivity contribution in [1.29, 1.82) is 0 Å². The van der Waals surface area contributed by atoms with Crippen LogP contribution in [0.15, 0.2) is 35.7 Å². The van der Waals surface area contributed by atoms with Crippen LogP contribution in [-0.2, 0) is 12.8 Å². The summed E-state index contributed by atoms with van der Waals surface area (Å²) >= 11 is 5.39. The molecule has 2 aromatic rings. The Bertz CT molecular complexity index is 452. The van der Waals surface area contributed by atoms with Gasteiger partial charge in [0.05, 0.1) is 5.01 Å². The van der Waals surface area contributed by atoms with E-state index in [1.54, 1.807) is 11.3 Å². The molecule has 1 unspecified atom stereocenters. The normalized spacial score (nSPS) is 12.6. The summed E-state index contributed by atoms with van der Waals surface area (Å²) in [5.41, 5.74) is 2.54. The molecule has 0 spiro atoms. The van der Waals surface area contributed by atoms with Crippen LogP contribution in [-0.4, -0.2) is 10.3 Å². The molecular weight excluding hydrogens is 294 g/mol. The van der Waals surface area contributed by atoms with Crippen LogP contribution in [0, 0.1) is 12.8 Å². The van der Waals surface area contributed by atoms with Crippen molar-refractivity contribution in [2.75, 3.05) is 5.33 Å². The molecule has 2 rings (SSSR count). The number of aryl methyl sites for hydroxylation is 1. The van der Waals surface area contributed by atoms with Gasteiger partial charge in [-0.2, -0.15) is 0 Å². The fourth-order valence-electron chi connectivity index (χ4n) is 1.87. The second kappa shape index (κ2) is 6.31. The minimum Gasteiger partial charge on any atom is -0.247 e. The van der Waals surface area contributed by atoms with Gasteiger partial charge < -0.3 is 0 Å². The molecule has 0 saturated carbocycles. The van der Waals surface area contributed by atoms with Crippen molar-refractivity contribution in [2.45, 2.75) is 19.8 Å². The highest BCUT2D eigenvalue weighted by atomic mass is 79.9. The van der Waals surface area contributed by atoms with Gasteiger partial charge in [0.15, 0.2) is 0 Å². The Labute approximate surface area is 115 Å². The molecule has 0 amide bonds. The van der Waals surface area contributed by atoms with Crippen LogP contribution in [0.3, 0.4) is 0 Å². The van der Waals surface area contributed by atoms with E-state index in [1.807, 2.05) is 0 Å². The topological polar surface area (TPSA) is 12.9 Å². The summed E-state index contributed by atoms with van der Waals surface area (Å²) in [5.74, 6) is 0.628. The van der Waals surface area contributed by atoms with E-state index in [1.165, 1.54) is 10.6 Å².